The van der Waals surface area contributed by atoms with Crippen molar-refractivity contribution in [2.75, 3.05) is 18.5 Å². The first-order valence-corrected chi connectivity index (χ1v) is 10.2. The summed E-state index contributed by atoms with van der Waals surface area (Å²) in [5.74, 6) is -0.0305. The Morgan fingerprint density at radius 1 is 1.24 bits per heavy atom. The average Bonchev–Trinajstić information content (AvgIpc) is 3.06. The van der Waals surface area contributed by atoms with E-state index in [1.165, 1.54) is 6.20 Å². The van der Waals surface area contributed by atoms with Crippen LogP contribution in [-0.2, 0) is 22.4 Å². The Balaban J connectivity index is 1.90. The molecule has 0 aliphatic heterocycles. The van der Waals surface area contributed by atoms with E-state index < -0.39 is 17.4 Å². The van der Waals surface area contributed by atoms with Crippen molar-refractivity contribution < 1.29 is 14.3 Å². The molecule has 1 aliphatic rings. The van der Waals surface area contributed by atoms with Gasteiger partial charge in [-0.05, 0) is 30.0 Å². The van der Waals surface area contributed by atoms with E-state index in [1.54, 1.807) is 13.0 Å². The molecule has 0 radical (unpaired) electrons. The summed E-state index contributed by atoms with van der Waals surface area (Å²) in [6, 6.07) is 9.36. The number of hydrogen-bond acceptors (Lipinski definition) is 5. The number of esters is 1. The summed E-state index contributed by atoms with van der Waals surface area (Å²) in [4.78, 5) is 30.4. The van der Waals surface area contributed by atoms with Gasteiger partial charge < -0.3 is 15.4 Å². The van der Waals surface area contributed by atoms with Gasteiger partial charge in [0.05, 0.1) is 17.2 Å². The lowest BCUT2D eigenvalue weighted by molar-refractivity contribution is -0.150. The summed E-state index contributed by atoms with van der Waals surface area (Å²) in [6.45, 7) is 6.78. The van der Waals surface area contributed by atoms with E-state index in [0.29, 0.717) is 41.7 Å². The fourth-order valence-electron chi connectivity index (χ4n) is 3.51. The molecule has 3 rings (SSSR count). The number of carbonyl (C=O) groups is 2. The number of benzene rings is 1. The molecular formula is C22H26ClN3O3. The Morgan fingerprint density at radius 2 is 1.90 bits per heavy atom. The van der Waals surface area contributed by atoms with Crippen molar-refractivity contribution in [1.29, 1.82) is 0 Å². The van der Waals surface area contributed by atoms with Crippen LogP contribution in [0.15, 0.2) is 36.5 Å². The monoisotopic (exact) mass is 415 g/mol. The third-order valence-corrected chi connectivity index (χ3v) is 5.11. The van der Waals surface area contributed by atoms with Crippen molar-refractivity contribution in [1.82, 2.24) is 10.3 Å². The number of rotatable bonds is 7. The second kappa shape index (κ2) is 8.82. The highest BCUT2D eigenvalue weighted by Gasteiger charge is 2.46. The van der Waals surface area contributed by atoms with Crippen LogP contribution in [0.2, 0.25) is 5.02 Å². The van der Waals surface area contributed by atoms with E-state index in [1.807, 2.05) is 24.3 Å². The van der Waals surface area contributed by atoms with Crippen molar-refractivity contribution in [3.05, 3.63) is 58.2 Å². The van der Waals surface area contributed by atoms with E-state index in [9.17, 15) is 9.59 Å². The van der Waals surface area contributed by atoms with E-state index in [2.05, 4.69) is 29.5 Å². The largest absolute Gasteiger partial charge is 0.464 e. The number of halogens is 1. The molecule has 0 spiro atoms. The molecule has 1 amide bonds. The fourth-order valence-corrected chi connectivity index (χ4v) is 3.66. The second-order valence-corrected chi connectivity index (χ2v) is 8.14. The van der Waals surface area contributed by atoms with Crippen LogP contribution in [-0.4, -0.2) is 35.6 Å². The van der Waals surface area contributed by atoms with Crippen molar-refractivity contribution >= 4 is 29.3 Å². The molecule has 0 fully saturated rings. The lowest BCUT2D eigenvalue weighted by Gasteiger charge is -2.28. The summed E-state index contributed by atoms with van der Waals surface area (Å²) >= 11 is 6.10. The number of nitrogens with zero attached hydrogens (tertiary/aromatic N) is 1. The minimum absolute atomic E-state index is 0.243. The Labute approximate surface area is 176 Å². The van der Waals surface area contributed by atoms with Gasteiger partial charge in [0, 0.05) is 25.6 Å². The maximum Gasteiger partial charge on any atom is 0.332 e. The quantitative estimate of drug-likeness (QED) is 0.675. The van der Waals surface area contributed by atoms with Crippen LogP contribution in [0.3, 0.4) is 0 Å². The molecule has 0 saturated heterocycles. The third kappa shape index (κ3) is 4.70. The molecule has 1 aromatic heterocycles. The average molecular weight is 416 g/mol. The minimum atomic E-state index is -1.14. The predicted molar refractivity (Wildman–Crippen MR) is 113 cm³/mol. The van der Waals surface area contributed by atoms with Gasteiger partial charge in [0.1, 0.15) is 11.4 Å². The summed E-state index contributed by atoms with van der Waals surface area (Å²) in [5, 5.41) is 6.48. The molecule has 0 bridgehead atoms. The molecule has 0 atom stereocenters. The molecule has 0 unspecified atom stereocenters. The number of anilines is 1. The molecule has 1 aliphatic carbocycles. The van der Waals surface area contributed by atoms with Gasteiger partial charge in [-0.1, -0.05) is 49.7 Å². The van der Waals surface area contributed by atoms with Crippen LogP contribution in [0.4, 0.5) is 5.82 Å². The second-order valence-electron chi connectivity index (χ2n) is 7.70. The number of amides is 1. The van der Waals surface area contributed by atoms with Crippen LogP contribution >= 0.6 is 11.6 Å². The first kappa shape index (κ1) is 21.1. The number of pyridine rings is 1. The molecule has 154 valence electrons. The minimum Gasteiger partial charge on any atom is -0.464 e. The maximum absolute atomic E-state index is 13.2. The highest BCUT2D eigenvalue weighted by atomic mass is 35.5. The summed E-state index contributed by atoms with van der Waals surface area (Å²) in [7, 11) is 0. The smallest absolute Gasteiger partial charge is 0.332 e. The molecule has 29 heavy (non-hydrogen) atoms. The molecule has 2 aromatic rings. The maximum atomic E-state index is 13.2. The van der Waals surface area contributed by atoms with Gasteiger partial charge in [0.15, 0.2) is 0 Å². The molecule has 7 heteroatoms. The molecule has 6 nitrogen and oxygen atoms in total. The number of aromatic nitrogens is 1. The standard InChI is InChI=1S/C22H26ClN3O3/c1-4-29-21(28)22(10-15-7-5-6-8-16(15)11-22)26-20(27)18-9-17(23)13-25-19(18)24-12-14(2)3/h5-9,13-14H,4,10-12H2,1-3H3,(H,24,25)(H,26,27). The lowest BCUT2D eigenvalue weighted by atomic mass is 9.95. The highest BCUT2D eigenvalue weighted by molar-refractivity contribution is 6.31. The van der Waals surface area contributed by atoms with E-state index >= 15 is 0 Å². The van der Waals surface area contributed by atoms with Crippen LogP contribution in [0.5, 0.6) is 0 Å². The number of hydrogen-bond donors (Lipinski definition) is 2. The molecule has 1 heterocycles. The van der Waals surface area contributed by atoms with Gasteiger partial charge in [0.2, 0.25) is 0 Å². The number of ether oxygens (including phenoxy) is 1. The number of nitrogens with one attached hydrogen (secondary N) is 2. The number of fused-ring (bicyclic) bond motifs is 1. The Bertz CT molecular complexity index is 889. The molecule has 2 N–H and O–H groups in total. The molecule has 1 aromatic carbocycles. The Hall–Kier alpha value is -2.60. The first-order valence-electron chi connectivity index (χ1n) is 9.80. The van der Waals surface area contributed by atoms with Gasteiger partial charge in [-0.3, -0.25) is 4.79 Å². The van der Waals surface area contributed by atoms with Gasteiger partial charge in [-0.25, -0.2) is 9.78 Å². The first-order chi connectivity index (χ1) is 13.8. The molecular weight excluding hydrogens is 390 g/mol. The zero-order valence-electron chi connectivity index (χ0n) is 16.9. The number of carbonyl (C=O) groups excluding carboxylic acids is 2. The predicted octanol–water partition coefficient (Wildman–Crippen LogP) is 3.63. The van der Waals surface area contributed by atoms with E-state index in [-0.39, 0.29) is 6.61 Å². The summed E-state index contributed by atoms with van der Waals surface area (Å²) in [6.07, 6.45) is 2.26. The SMILES string of the molecule is CCOC(=O)C1(NC(=O)c2cc(Cl)cnc2NCC(C)C)Cc2ccccc2C1. The Kier molecular flexibility index (Phi) is 6.42. The topological polar surface area (TPSA) is 80.3 Å². The van der Waals surface area contributed by atoms with Gasteiger partial charge >= 0.3 is 5.97 Å². The lowest BCUT2D eigenvalue weighted by Crippen LogP contribution is -2.56. The van der Waals surface area contributed by atoms with Crippen molar-refractivity contribution in [3.63, 3.8) is 0 Å². The van der Waals surface area contributed by atoms with Gasteiger partial charge in [-0.2, -0.15) is 0 Å². The Morgan fingerprint density at radius 3 is 2.48 bits per heavy atom. The normalized spacial score (nSPS) is 14.4. The van der Waals surface area contributed by atoms with Gasteiger partial charge in [0.25, 0.3) is 5.91 Å². The van der Waals surface area contributed by atoms with E-state index in [4.69, 9.17) is 16.3 Å². The van der Waals surface area contributed by atoms with E-state index in [0.717, 1.165) is 11.1 Å². The van der Waals surface area contributed by atoms with Crippen molar-refractivity contribution in [2.45, 2.75) is 39.2 Å². The van der Waals surface area contributed by atoms with Crippen molar-refractivity contribution in [2.24, 2.45) is 5.92 Å². The van der Waals surface area contributed by atoms with Crippen molar-refractivity contribution in [3.8, 4) is 0 Å². The molecule has 0 saturated carbocycles. The fraction of sp³-hybridized carbons (Fsp3) is 0.409. The third-order valence-electron chi connectivity index (χ3n) is 4.90. The zero-order chi connectivity index (χ0) is 21.0. The van der Waals surface area contributed by atoms with Crippen LogP contribution in [0.25, 0.3) is 0 Å². The zero-order valence-corrected chi connectivity index (χ0v) is 17.7. The van der Waals surface area contributed by atoms with Gasteiger partial charge in [-0.15, -0.1) is 0 Å². The van der Waals surface area contributed by atoms with Crippen LogP contribution in [0.1, 0.15) is 42.3 Å². The van der Waals surface area contributed by atoms with Crippen LogP contribution in [0, 0.1) is 5.92 Å². The highest BCUT2D eigenvalue weighted by Crippen LogP contribution is 2.32. The summed E-state index contributed by atoms with van der Waals surface area (Å²) < 4.78 is 5.32. The van der Waals surface area contributed by atoms with Crippen LogP contribution < -0.4 is 10.6 Å². The summed E-state index contributed by atoms with van der Waals surface area (Å²) in [5.41, 5.74) is 1.22.